The highest BCUT2D eigenvalue weighted by molar-refractivity contribution is 9.10. The highest BCUT2D eigenvalue weighted by atomic mass is 79.9. The summed E-state index contributed by atoms with van der Waals surface area (Å²) in [6.07, 6.45) is 1.56. The average Bonchev–Trinajstić information content (AvgIpc) is 2.26. The predicted molar refractivity (Wildman–Crippen MR) is 77.8 cm³/mol. The third-order valence-corrected chi connectivity index (χ3v) is 2.88. The van der Waals surface area contributed by atoms with Crippen molar-refractivity contribution < 1.29 is 5.11 Å². The molecule has 0 unspecified atom stereocenters. The van der Waals surface area contributed by atoms with Crippen LogP contribution in [0.5, 0.6) is 5.75 Å². The minimum Gasteiger partial charge on any atom is -0.505 e. The number of thiocarbonyl (C=S) groups is 1. The molecule has 0 aliphatic rings. The number of hydrazone groups is 1. The molecule has 0 heterocycles. The van der Waals surface area contributed by atoms with Gasteiger partial charge in [0.1, 0.15) is 5.75 Å². The van der Waals surface area contributed by atoms with Gasteiger partial charge < -0.3 is 10.4 Å². The van der Waals surface area contributed by atoms with Gasteiger partial charge in [0, 0.05) is 6.54 Å². The van der Waals surface area contributed by atoms with Crippen molar-refractivity contribution in [2.24, 2.45) is 5.10 Å². The van der Waals surface area contributed by atoms with Crippen molar-refractivity contribution in [3.8, 4) is 5.75 Å². The lowest BCUT2D eigenvalue weighted by atomic mass is 10.2. The molecule has 0 bridgehead atoms. The van der Waals surface area contributed by atoms with Gasteiger partial charge in [-0.25, -0.2) is 0 Å². The highest BCUT2D eigenvalue weighted by Crippen LogP contribution is 2.32. The lowest BCUT2D eigenvalue weighted by Crippen LogP contribution is -2.31. The molecule has 0 spiro atoms. The molecule has 0 aliphatic carbocycles. The Kier molecular flexibility index (Phi) is 5.67. The van der Waals surface area contributed by atoms with Gasteiger partial charge in [0.25, 0.3) is 0 Å². The van der Waals surface area contributed by atoms with Crippen LogP contribution in [0.25, 0.3) is 0 Å². The van der Waals surface area contributed by atoms with E-state index in [2.05, 4.69) is 31.8 Å². The van der Waals surface area contributed by atoms with Crippen molar-refractivity contribution in [3.63, 3.8) is 0 Å². The maximum Gasteiger partial charge on any atom is 0.186 e. The fourth-order valence-electron chi connectivity index (χ4n) is 1.03. The van der Waals surface area contributed by atoms with Crippen LogP contribution in [0.1, 0.15) is 12.5 Å². The average molecular weight is 337 g/mol. The van der Waals surface area contributed by atoms with Crippen molar-refractivity contribution >= 4 is 51.1 Å². The largest absolute Gasteiger partial charge is 0.505 e. The van der Waals surface area contributed by atoms with Gasteiger partial charge in [-0.3, -0.25) is 5.43 Å². The van der Waals surface area contributed by atoms with Crippen molar-refractivity contribution in [3.05, 3.63) is 27.2 Å². The zero-order valence-electron chi connectivity index (χ0n) is 9.00. The molecule has 1 aromatic carbocycles. The SMILES string of the molecule is CCNC(=S)NN=Cc1cc(Cl)c(O)c(Br)c1. The van der Waals surface area contributed by atoms with Crippen LogP contribution in [-0.2, 0) is 0 Å². The van der Waals surface area contributed by atoms with Crippen molar-refractivity contribution in [2.75, 3.05) is 6.54 Å². The summed E-state index contributed by atoms with van der Waals surface area (Å²) < 4.78 is 0.515. The maximum absolute atomic E-state index is 9.44. The number of nitrogens with zero attached hydrogens (tertiary/aromatic N) is 1. The number of benzene rings is 1. The van der Waals surface area contributed by atoms with E-state index in [1.165, 1.54) is 0 Å². The summed E-state index contributed by atoms with van der Waals surface area (Å²) in [5.74, 6) is 0.0138. The van der Waals surface area contributed by atoms with Crippen LogP contribution in [0.3, 0.4) is 0 Å². The maximum atomic E-state index is 9.44. The molecular formula is C10H11BrClN3OS. The molecule has 0 fully saturated rings. The Hall–Kier alpha value is -0.850. The number of halogens is 2. The fraction of sp³-hybridized carbons (Fsp3) is 0.200. The molecule has 0 aliphatic heterocycles. The first-order chi connectivity index (χ1) is 8.04. The minimum absolute atomic E-state index is 0.0138. The van der Waals surface area contributed by atoms with Crippen LogP contribution in [-0.4, -0.2) is 23.0 Å². The molecule has 7 heteroatoms. The number of nitrogens with one attached hydrogen (secondary N) is 2. The zero-order valence-corrected chi connectivity index (χ0v) is 12.2. The van der Waals surface area contributed by atoms with Gasteiger partial charge in [0.2, 0.25) is 0 Å². The molecule has 4 nitrogen and oxygen atoms in total. The number of aromatic hydroxyl groups is 1. The monoisotopic (exact) mass is 335 g/mol. The van der Waals surface area contributed by atoms with Gasteiger partial charge in [0.15, 0.2) is 5.11 Å². The molecule has 17 heavy (non-hydrogen) atoms. The Balaban J connectivity index is 2.69. The Labute approximate surface area is 118 Å². The summed E-state index contributed by atoms with van der Waals surface area (Å²) in [5.41, 5.74) is 3.40. The van der Waals surface area contributed by atoms with Gasteiger partial charge in [-0.15, -0.1) is 0 Å². The van der Waals surface area contributed by atoms with Crippen LogP contribution >= 0.6 is 39.7 Å². The van der Waals surface area contributed by atoms with E-state index in [-0.39, 0.29) is 10.8 Å². The van der Waals surface area contributed by atoms with Gasteiger partial charge >= 0.3 is 0 Å². The van der Waals surface area contributed by atoms with Gasteiger partial charge in [-0.2, -0.15) is 5.10 Å². The number of rotatable bonds is 3. The lowest BCUT2D eigenvalue weighted by Gasteiger charge is -2.04. The molecule has 0 amide bonds. The van der Waals surface area contributed by atoms with Crippen LogP contribution in [0.2, 0.25) is 5.02 Å². The van der Waals surface area contributed by atoms with E-state index in [1.807, 2.05) is 6.92 Å². The van der Waals surface area contributed by atoms with E-state index in [0.29, 0.717) is 9.59 Å². The predicted octanol–water partition coefficient (Wildman–Crippen LogP) is 2.63. The Morgan fingerprint density at radius 1 is 1.65 bits per heavy atom. The van der Waals surface area contributed by atoms with E-state index in [0.717, 1.165) is 12.1 Å². The molecule has 92 valence electrons. The highest BCUT2D eigenvalue weighted by Gasteiger charge is 2.04. The Bertz CT molecular complexity index is 430. The fourth-order valence-corrected chi connectivity index (χ4v) is 2.04. The minimum atomic E-state index is 0.0138. The van der Waals surface area contributed by atoms with E-state index >= 15 is 0 Å². The number of hydrogen-bond acceptors (Lipinski definition) is 3. The second-order valence-corrected chi connectivity index (χ2v) is 4.73. The standard InChI is InChI=1S/C10H11BrClN3OS/c1-2-13-10(17)15-14-5-6-3-7(11)9(16)8(12)4-6/h3-5,16H,2H2,1H3,(H2,13,15,17). The smallest absolute Gasteiger partial charge is 0.186 e. The number of hydrogen-bond donors (Lipinski definition) is 3. The first-order valence-corrected chi connectivity index (χ1v) is 6.37. The Morgan fingerprint density at radius 3 is 2.94 bits per heavy atom. The molecule has 0 aromatic heterocycles. The van der Waals surface area contributed by atoms with E-state index in [4.69, 9.17) is 23.8 Å². The van der Waals surface area contributed by atoms with E-state index in [9.17, 15) is 5.11 Å². The van der Waals surface area contributed by atoms with Gasteiger partial charge in [0.05, 0.1) is 15.7 Å². The van der Waals surface area contributed by atoms with Crippen LogP contribution in [0, 0.1) is 0 Å². The van der Waals surface area contributed by atoms with Gasteiger partial charge in [-0.1, -0.05) is 11.6 Å². The van der Waals surface area contributed by atoms with Crippen LogP contribution in [0.4, 0.5) is 0 Å². The molecule has 3 N–H and O–H groups in total. The number of phenolic OH excluding ortho intramolecular Hbond substituents is 1. The topological polar surface area (TPSA) is 56.7 Å². The normalized spacial score (nSPS) is 10.5. The first kappa shape index (κ1) is 14.2. The van der Waals surface area contributed by atoms with Crippen molar-refractivity contribution in [1.82, 2.24) is 10.7 Å². The van der Waals surface area contributed by atoms with Gasteiger partial charge in [-0.05, 0) is 52.8 Å². The Morgan fingerprint density at radius 2 is 2.35 bits per heavy atom. The van der Waals surface area contributed by atoms with Crippen molar-refractivity contribution in [2.45, 2.75) is 6.92 Å². The first-order valence-electron chi connectivity index (χ1n) is 4.79. The molecule has 0 saturated carbocycles. The summed E-state index contributed by atoms with van der Waals surface area (Å²) in [4.78, 5) is 0. The van der Waals surface area contributed by atoms with Crippen LogP contribution < -0.4 is 10.7 Å². The van der Waals surface area contributed by atoms with Crippen molar-refractivity contribution in [1.29, 1.82) is 0 Å². The molecule has 0 radical (unpaired) electrons. The summed E-state index contributed by atoms with van der Waals surface area (Å²) in [6.45, 7) is 2.67. The molecule has 1 rings (SSSR count). The molecule has 0 saturated heterocycles. The summed E-state index contributed by atoms with van der Waals surface area (Å²) in [5, 5.41) is 17.0. The second-order valence-electron chi connectivity index (χ2n) is 3.06. The second kappa shape index (κ2) is 6.78. The third-order valence-electron chi connectivity index (χ3n) is 1.76. The summed E-state index contributed by atoms with van der Waals surface area (Å²) in [6, 6.07) is 3.30. The molecular weight excluding hydrogens is 326 g/mol. The number of phenols is 1. The summed E-state index contributed by atoms with van der Waals surface area (Å²) in [7, 11) is 0. The molecule has 0 atom stereocenters. The van der Waals surface area contributed by atoms with E-state index < -0.39 is 0 Å². The lowest BCUT2D eigenvalue weighted by molar-refractivity contribution is 0.472. The van der Waals surface area contributed by atoms with E-state index in [1.54, 1.807) is 18.3 Å². The van der Waals surface area contributed by atoms with Crippen LogP contribution in [0.15, 0.2) is 21.7 Å². The molecule has 1 aromatic rings. The third kappa shape index (κ3) is 4.49. The quantitative estimate of drug-likeness (QED) is 0.451. The zero-order chi connectivity index (χ0) is 12.8. The summed E-state index contributed by atoms with van der Waals surface area (Å²) >= 11 is 13.9.